The van der Waals surface area contributed by atoms with Crippen molar-refractivity contribution in [2.45, 2.75) is 25.4 Å². The number of nitrogens with zero attached hydrogens (tertiary/aromatic N) is 4. The smallest absolute Gasteiger partial charge is 0.244 e. The minimum Gasteiger partial charge on any atom is -0.497 e. The molecular formula is C24H24FN5O2. The first-order valence-electron chi connectivity index (χ1n) is 10.4. The lowest BCUT2D eigenvalue weighted by molar-refractivity contribution is -0.133. The maximum atomic E-state index is 14.3. The number of methoxy groups -OCH3 is 1. The molecule has 2 N–H and O–H groups in total. The monoisotopic (exact) mass is 433 g/mol. The highest BCUT2D eigenvalue weighted by molar-refractivity contribution is 5.82. The third-order valence-corrected chi connectivity index (χ3v) is 5.63. The molecule has 32 heavy (non-hydrogen) atoms. The van der Waals surface area contributed by atoms with Crippen LogP contribution in [0.25, 0.3) is 22.4 Å². The standard InChI is InChI=1S/C24H24FN5O2/c1-32-20-8-6-16(7-9-20)21-14-30(15-23(31)29-10-2-3-19(27)13-29)28-24(21)17-4-5-18(12-26)22(25)11-17/h4-9,11,14,19H,2-3,10,13,15,27H2,1H3/t19-/m1/s1. The number of rotatable bonds is 5. The average molecular weight is 433 g/mol. The number of carbonyl (C=O) groups excluding carboxylic acids is 1. The predicted molar refractivity (Wildman–Crippen MR) is 118 cm³/mol. The Morgan fingerprint density at radius 3 is 2.69 bits per heavy atom. The Morgan fingerprint density at radius 2 is 2.03 bits per heavy atom. The number of piperidine rings is 1. The fourth-order valence-corrected chi connectivity index (χ4v) is 3.93. The highest BCUT2D eigenvalue weighted by Gasteiger charge is 2.23. The number of benzene rings is 2. The summed E-state index contributed by atoms with van der Waals surface area (Å²) in [5.41, 5.74) is 8.64. The molecule has 3 aromatic rings. The number of aromatic nitrogens is 2. The zero-order valence-corrected chi connectivity index (χ0v) is 17.8. The van der Waals surface area contributed by atoms with Crippen LogP contribution >= 0.6 is 0 Å². The highest BCUT2D eigenvalue weighted by Crippen LogP contribution is 2.33. The molecule has 0 unspecified atom stereocenters. The molecule has 1 saturated heterocycles. The van der Waals surface area contributed by atoms with E-state index in [0.717, 1.165) is 24.0 Å². The molecule has 1 fully saturated rings. The average Bonchev–Trinajstić information content (AvgIpc) is 3.22. The molecule has 2 heterocycles. The van der Waals surface area contributed by atoms with Gasteiger partial charge in [-0.1, -0.05) is 18.2 Å². The number of hydrogen-bond donors (Lipinski definition) is 1. The van der Waals surface area contributed by atoms with Gasteiger partial charge in [0.15, 0.2) is 0 Å². The maximum absolute atomic E-state index is 14.3. The molecule has 1 aromatic heterocycles. The second-order valence-corrected chi connectivity index (χ2v) is 7.87. The normalized spacial score (nSPS) is 15.9. The van der Waals surface area contributed by atoms with Crippen molar-refractivity contribution in [2.24, 2.45) is 5.73 Å². The fourth-order valence-electron chi connectivity index (χ4n) is 3.93. The number of likely N-dealkylation sites (tertiary alicyclic amines) is 1. The number of ether oxygens (including phenoxy) is 1. The molecule has 2 aromatic carbocycles. The Hall–Kier alpha value is -3.70. The van der Waals surface area contributed by atoms with Crippen molar-refractivity contribution < 1.29 is 13.9 Å². The van der Waals surface area contributed by atoms with Gasteiger partial charge in [-0.3, -0.25) is 9.48 Å². The van der Waals surface area contributed by atoms with Gasteiger partial charge in [0, 0.05) is 36.5 Å². The van der Waals surface area contributed by atoms with E-state index < -0.39 is 5.82 Å². The SMILES string of the molecule is COc1ccc(-c2cn(CC(=O)N3CCC[C@@H](N)C3)nc2-c2ccc(C#N)c(F)c2)cc1. The van der Waals surface area contributed by atoms with Crippen LogP contribution < -0.4 is 10.5 Å². The van der Waals surface area contributed by atoms with Crippen LogP contribution in [-0.2, 0) is 11.3 Å². The van der Waals surface area contributed by atoms with E-state index in [1.54, 1.807) is 29.0 Å². The Kier molecular flexibility index (Phi) is 6.19. The number of halogens is 1. The highest BCUT2D eigenvalue weighted by atomic mass is 19.1. The molecule has 1 amide bonds. The molecule has 0 saturated carbocycles. The van der Waals surface area contributed by atoms with E-state index >= 15 is 0 Å². The Balaban J connectivity index is 1.70. The summed E-state index contributed by atoms with van der Waals surface area (Å²) < 4.78 is 21.1. The second kappa shape index (κ2) is 9.20. The summed E-state index contributed by atoms with van der Waals surface area (Å²) in [6.45, 7) is 1.29. The molecule has 0 radical (unpaired) electrons. The van der Waals surface area contributed by atoms with E-state index in [4.69, 9.17) is 15.7 Å². The summed E-state index contributed by atoms with van der Waals surface area (Å²) in [6, 6.07) is 13.6. The van der Waals surface area contributed by atoms with Crippen LogP contribution in [0.3, 0.4) is 0 Å². The number of nitriles is 1. The van der Waals surface area contributed by atoms with Crippen molar-refractivity contribution in [3.05, 3.63) is 60.0 Å². The van der Waals surface area contributed by atoms with Crippen LogP contribution in [0.15, 0.2) is 48.7 Å². The summed E-state index contributed by atoms with van der Waals surface area (Å²) in [6.07, 6.45) is 3.59. The molecule has 0 spiro atoms. The third kappa shape index (κ3) is 4.48. The second-order valence-electron chi connectivity index (χ2n) is 7.87. The summed E-state index contributed by atoms with van der Waals surface area (Å²) in [7, 11) is 1.59. The van der Waals surface area contributed by atoms with Gasteiger partial charge in [-0.25, -0.2) is 4.39 Å². The van der Waals surface area contributed by atoms with Gasteiger partial charge in [0.05, 0.1) is 12.7 Å². The zero-order valence-electron chi connectivity index (χ0n) is 17.8. The molecular weight excluding hydrogens is 409 g/mol. The topological polar surface area (TPSA) is 97.2 Å². The van der Waals surface area contributed by atoms with E-state index in [0.29, 0.717) is 30.1 Å². The van der Waals surface area contributed by atoms with E-state index in [1.807, 2.05) is 30.3 Å². The molecule has 4 rings (SSSR count). The van der Waals surface area contributed by atoms with Crippen molar-refractivity contribution >= 4 is 5.91 Å². The van der Waals surface area contributed by atoms with Crippen LogP contribution in [0.4, 0.5) is 4.39 Å². The van der Waals surface area contributed by atoms with E-state index in [1.165, 1.54) is 12.1 Å². The quantitative estimate of drug-likeness (QED) is 0.667. The van der Waals surface area contributed by atoms with Gasteiger partial charge >= 0.3 is 0 Å². The maximum Gasteiger partial charge on any atom is 0.244 e. The van der Waals surface area contributed by atoms with Crippen molar-refractivity contribution in [1.82, 2.24) is 14.7 Å². The van der Waals surface area contributed by atoms with Gasteiger partial charge in [-0.2, -0.15) is 10.4 Å². The lowest BCUT2D eigenvalue weighted by Gasteiger charge is -2.30. The first-order valence-corrected chi connectivity index (χ1v) is 10.4. The molecule has 0 bridgehead atoms. The molecule has 1 atom stereocenters. The van der Waals surface area contributed by atoms with Gasteiger partial charge < -0.3 is 15.4 Å². The largest absolute Gasteiger partial charge is 0.497 e. The lowest BCUT2D eigenvalue weighted by Crippen LogP contribution is -2.46. The number of carbonyl (C=O) groups is 1. The summed E-state index contributed by atoms with van der Waals surface area (Å²) >= 11 is 0. The first kappa shape index (κ1) is 21.5. The van der Waals surface area contributed by atoms with Crippen LogP contribution in [0.5, 0.6) is 5.75 Å². The molecule has 0 aliphatic carbocycles. The summed E-state index contributed by atoms with van der Waals surface area (Å²) in [4.78, 5) is 14.6. The Labute approximate surface area is 185 Å². The Bertz CT molecular complexity index is 1170. The minimum atomic E-state index is -0.612. The number of nitrogens with two attached hydrogens (primary N) is 1. The van der Waals surface area contributed by atoms with Crippen molar-refractivity contribution in [3.8, 4) is 34.2 Å². The summed E-state index contributed by atoms with van der Waals surface area (Å²) in [5, 5.41) is 13.6. The number of amides is 1. The van der Waals surface area contributed by atoms with Crippen LogP contribution in [-0.4, -0.2) is 46.8 Å². The molecule has 1 aliphatic heterocycles. The number of hydrogen-bond acceptors (Lipinski definition) is 5. The molecule has 8 heteroatoms. The van der Waals surface area contributed by atoms with Gasteiger partial charge in [0.1, 0.15) is 29.9 Å². The zero-order chi connectivity index (χ0) is 22.7. The minimum absolute atomic E-state index is 0.00244. The van der Waals surface area contributed by atoms with Crippen molar-refractivity contribution in [2.75, 3.05) is 20.2 Å². The summed E-state index contributed by atoms with van der Waals surface area (Å²) in [5.74, 6) is 0.0452. The van der Waals surface area contributed by atoms with Crippen molar-refractivity contribution in [3.63, 3.8) is 0 Å². The Morgan fingerprint density at radius 1 is 1.28 bits per heavy atom. The molecule has 164 valence electrons. The molecule has 7 nitrogen and oxygen atoms in total. The van der Waals surface area contributed by atoms with E-state index in [9.17, 15) is 9.18 Å². The third-order valence-electron chi connectivity index (χ3n) is 5.63. The van der Waals surface area contributed by atoms with Crippen molar-refractivity contribution in [1.29, 1.82) is 5.26 Å². The van der Waals surface area contributed by atoms with Gasteiger partial charge in [0.25, 0.3) is 0 Å². The lowest BCUT2D eigenvalue weighted by atomic mass is 10.0. The molecule has 1 aliphatic rings. The van der Waals surface area contributed by atoms with Crippen LogP contribution in [0, 0.1) is 17.1 Å². The first-order chi connectivity index (χ1) is 15.5. The van der Waals surface area contributed by atoms with Gasteiger partial charge in [-0.05, 0) is 42.7 Å². The fraction of sp³-hybridized carbons (Fsp3) is 0.292. The van der Waals surface area contributed by atoms with Gasteiger partial charge in [0.2, 0.25) is 5.91 Å². The van der Waals surface area contributed by atoms with Gasteiger partial charge in [-0.15, -0.1) is 0 Å². The predicted octanol–water partition coefficient (Wildman–Crippen LogP) is 3.19. The van der Waals surface area contributed by atoms with E-state index in [2.05, 4.69) is 5.10 Å². The van der Waals surface area contributed by atoms with E-state index in [-0.39, 0.29) is 24.1 Å². The van der Waals surface area contributed by atoms with Crippen LogP contribution in [0.2, 0.25) is 0 Å². The van der Waals surface area contributed by atoms with Crippen LogP contribution in [0.1, 0.15) is 18.4 Å².